The maximum atomic E-state index is 10.9. The molecule has 0 saturated carbocycles. The standard InChI is InChI=1S/C9H17N3O/c1-5-7(3)11-8(4)12-9(13)10-6-2/h6-7,11H,4-5H2,1-3H3,(H,12,13). The van der Waals surface area contributed by atoms with Crippen LogP contribution in [0.15, 0.2) is 17.4 Å². The summed E-state index contributed by atoms with van der Waals surface area (Å²) in [7, 11) is 0. The van der Waals surface area contributed by atoms with Gasteiger partial charge in [-0.3, -0.25) is 5.32 Å². The highest BCUT2D eigenvalue weighted by Gasteiger charge is 2.01. The van der Waals surface area contributed by atoms with Gasteiger partial charge < -0.3 is 5.32 Å². The van der Waals surface area contributed by atoms with Crippen LogP contribution in [0.4, 0.5) is 4.79 Å². The third-order valence-corrected chi connectivity index (χ3v) is 1.54. The quantitative estimate of drug-likeness (QED) is 0.651. The van der Waals surface area contributed by atoms with Gasteiger partial charge in [-0.25, -0.2) is 9.79 Å². The van der Waals surface area contributed by atoms with Gasteiger partial charge in [0.2, 0.25) is 0 Å². The summed E-state index contributed by atoms with van der Waals surface area (Å²) in [6, 6.07) is -0.0956. The molecule has 0 aliphatic heterocycles. The van der Waals surface area contributed by atoms with E-state index in [2.05, 4.69) is 29.1 Å². The largest absolute Gasteiger partial charge is 0.370 e. The van der Waals surface area contributed by atoms with Crippen molar-refractivity contribution < 1.29 is 4.79 Å². The molecule has 13 heavy (non-hydrogen) atoms. The third-order valence-electron chi connectivity index (χ3n) is 1.54. The van der Waals surface area contributed by atoms with Crippen LogP contribution in [-0.4, -0.2) is 18.3 Å². The molecule has 0 spiro atoms. The second-order valence-corrected chi connectivity index (χ2v) is 2.75. The smallest absolute Gasteiger partial charge is 0.346 e. The van der Waals surface area contributed by atoms with Crippen LogP contribution < -0.4 is 10.6 Å². The van der Waals surface area contributed by atoms with Gasteiger partial charge in [0.05, 0.1) is 5.82 Å². The molecule has 0 aromatic carbocycles. The van der Waals surface area contributed by atoms with E-state index in [1.165, 1.54) is 6.21 Å². The van der Waals surface area contributed by atoms with Gasteiger partial charge >= 0.3 is 6.03 Å². The van der Waals surface area contributed by atoms with Crippen LogP contribution in [0.3, 0.4) is 0 Å². The number of nitrogens with one attached hydrogen (secondary N) is 2. The minimum Gasteiger partial charge on any atom is -0.370 e. The summed E-state index contributed by atoms with van der Waals surface area (Å²) >= 11 is 0. The zero-order valence-corrected chi connectivity index (χ0v) is 8.42. The SMILES string of the molecule is C=C(NC(=O)N=CC)NC(C)CC. The molecule has 0 saturated heterocycles. The van der Waals surface area contributed by atoms with E-state index in [-0.39, 0.29) is 0 Å². The van der Waals surface area contributed by atoms with Crippen molar-refractivity contribution in [3.8, 4) is 0 Å². The average Bonchev–Trinajstić information content (AvgIpc) is 2.04. The molecule has 4 nitrogen and oxygen atoms in total. The molecule has 0 aliphatic carbocycles. The van der Waals surface area contributed by atoms with Crippen molar-refractivity contribution in [2.75, 3.05) is 0 Å². The van der Waals surface area contributed by atoms with Gasteiger partial charge in [0, 0.05) is 12.3 Å². The Hall–Kier alpha value is -1.32. The monoisotopic (exact) mass is 183 g/mol. The molecule has 0 rings (SSSR count). The Kier molecular flexibility index (Phi) is 5.59. The summed E-state index contributed by atoms with van der Waals surface area (Å²) in [5, 5.41) is 5.52. The highest BCUT2D eigenvalue weighted by molar-refractivity contribution is 5.83. The Morgan fingerprint density at radius 3 is 2.77 bits per heavy atom. The predicted molar refractivity (Wildman–Crippen MR) is 54.7 cm³/mol. The number of nitrogens with zero attached hydrogens (tertiary/aromatic N) is 1. The Bertz CT molecular complexity index is 211. The molecule has 0 aromatic heterocycles. The first kappa shape index (κ1) is 11.7. The minimum atomic E-state index is -0.400. The molecular formula is C9H17N3O. The first-order chi connectivity index (χ1) is 6.10. The lowest BCUT2D eigenvalue weighted by molar-refractivity contribution is 0.251. The van der Waals surface area contributed by atoms with E-state index in [0.717, 1.165) is 6.42 Å². The zero-order chi connectivity index (χ0) is 10.3. The van der Waals surface area contributed by atoms with Crippen molar-refractivity contribution in [2.24, 2.45) is 4.99 Å². The van der Waals surface area contributed by atoms with Crippen LogP contribution >= 0.6 is 0 Å². The Balaban J connectivity index is 3.81. The predicted octanol–water partition coefficient (Wildman–Crippen LogP) is 1.65. The summed E-state index contributed by atoms with van der Waals surface area (Å²) < 4.78 is 0. The van der Waals surface area contributed by atoms with Gasteiger partial charge in [-0.2, -0.15) is 0 Å². The van der Waals surface area contributed by atoms with E-state index in [0.29, 0.717) is 11.9 Å². The fraction of sp³-hybridized carbons (Fsp3) is 0.556. The summed E-state index contributed by atoms with van der Waals surface area (Å²) in [4.78, 5) is 14.4. The lowest BCUT2D eigenvalue weighted by Crippen LogP contribution is -2.34. The van der Waals surface area contributed by atoms with Crippen LogP contribution in [0.25, 0.3) is 0 Å². The van der Waals surface area contributed by atoms with Crippen LogP contribution in [-0.2, 0) is 0 Å². The first-order valence-corrected chi connectivity index (χ1v) is 4.35. The molecule has 0 bridgehead atoms. The van der Waals surface area contributed by atoms with Crippen LogP contribution in [0.2, 0.25) is 0 Å². The molecule has 0 aromatic rings. The molecule has 2 amide bonds. The zero-order valence-electron chi connectivity index (χ0n) is 8.42. The molecular weight excluding hydrogens is 166 g/mol. The molecule has 4 heteroatoms. The van der Waals surface area contributed by atoms with E-state index in [1.807, 2.05) is 6.92 Å². The summed E-state index contributed by atoms with van der Waals surface area (Å²) in [6.07, 6.45) is 2.41. The number of aliphatic imine (C=N–C) groups is 1. The molecule has 0 heterocycles. The fourth-order valence-corrected chi connectivity index (χ4v) is 0.714. The fourth-order valence-electron chi connectivity index (χ4n) is 0.714. The Morgan fingerprint density at radius 1 is 1.69 bits per heavy atom. The van der Waals surface area contributed by atoms with Gasteiger partial charge in [-0.05, 0) is 20.3 Å². The van der Waals surface area contributed by atoms with Crippen LogP contribution in [0.5, 0.6) is 0 Å². The van der Waals surface area contributed by atoms with Crippen molar-refractivity contribution >= 4 is 12.2 Å². The molecule has 0 aliphatic rings. The van der Waals surface area contributed by atoms with Gasteiger partial charge in [-0.1, -0.05) is 13.5 Å². The number of urea groups is 1. The first-order valence-electron chi connectivity index (χ1n) is 4.35. The number of rotatable bonds is 4. The second-order valence-electron chi connectivity index (χ2n) is 2.75. The molecule has 2 N–H and O–H groups in total. The summed E-state index contributed by atoms with van der Waals surface area (Å²) in [5.41, 5.74) is 0. The highest BCUT2D eigenvalue weighted by atomic mass is 16.2. The van der Waals surface area contributed by atoms with E-state index >= 15 is 0 Å². The summed E-state index contributed by atoms with van der Waals surface area (Å²) in [6.45, 7) is 9.40. The van der Waals surface area contributed by atoms with Gasteiger partial charge in [0.1, 0.15) is 0 Å². The average molecular weight is 183 g/mol. The lowest BCUT2D eigenvalue weighted by Gasteiger charge is -2.14. The topological polar surface area (TPSA) is 53.5 Å². The number of amides is 2. The summed E-state index contributed by atoms with van der Waals surface area (Å²) in [5.74, 6) is 0.491. The second kappa shape index (κ2) is 6.22. The van der Waals surface area contributed by atoms with Crippen LogP contribution in [0, 0.1) is 0 Å². The molecule has 0 fully saturated rings. The van der Waals surface area contributed by atoms with Crippen molar-refractivity contribution in [3.63, 3.8) is 0 Å². The molecule has 1 unspecified atom stereocenters. The van der Waals surface area contributed by atoms with Crippen molar-refractivity contribution in [1.82, 2.24) is 10.6 Å². The third kappa shape index (κ3) is 5.90. The Labute approximate surface area is 79.1 Å². The van der Waals surface area contributed by atoms with E-state index in [1.54, 1.807) is 6.92 Å². The van der Waals surface area contributed by atoms with E-state index in [9.17, 15) is 4.79 Å². The van der Waals surface area contributed by atoms with Gasteiger partial charge in [-0.15, -0.1) is 0 Å². The lowest BCUT2D eigenvalue weighted by atomic mass is 10.3. The van der Waals surface area contributed by atoms with Crippen molar-refractivity contribution in [1.29, 1.82) is 0 Å². The minimum absolute atomic E-state index is 0.304. The van der Waals surface area contributed by atoms with Gasteiger partial charge in [0.15, 0.2) is 0 Å². The maximum Gasteiger partial charge on any atom is 0.346 e. The Morgan fingerprint density at radius 2 is 2.31 bits per heavy atom. The number of carbonyl (C=O) groups is 1. The molecule has 0 radical (unpaired) electrons. The number of carbonyl (C=O) groups excluding carboxylic acids is 1. The van der Waals surface area contributed by atoms with Crippen LogP contribution in [0.1, 0.15) is 27.2 Å². The normalized spacial score (nSPS) is 12.5. The number of hydrogen-bond acceptors (Lipinski definition) is 2. The maximum absolute atomic E-state index is 10.9. The number of hydrogen-bond donors (Lipinski definition) is 2. The van der Waals surface area contributed by atoms with E-state index in [4.69, 9.17) is 0 Å². The molecule has 1 atom stereocenters. The van der Waals surface area contributed by atoms with Gasteiger partial charge in [0.25, 0.3) is 0 Å². The van der Waals surface area contributed by atoms with E-state index < -0.39 is 6.03 Å². The van der Waals surface area contributed by atoms with Crippen molar-refractivity contribution in [3.05, 3.63) is 12.4 Å². The van der Waals surface area contributed by atoms with Crippen molar-refractivity contribution in [2.45, 2.75) is 33.2 Å². The molecule has 74 valence electrons. The highest BCUT2D eigenvalue weighted by Crippen LogP contribution is 1.90.